The van der Waals surface area contributed by atoms with E-state index in [0.29, 0.717) is 17.2 Å². The van der Waals surface area contributed by atoms with E-state index < -0.39 is 29.4 Å². The van der Waals surface area contributed by atoms with Gasteiger partial charge in [0.1, 0.15) is 11.6 Å². The van der Waals surface area contributed by atoms with E-state index in [2.05, 4.69) is 0 Å². The zero-order valence-corrected chi connectivity index (χ0v) is 11.0. The molecule has 0 aliphatic rings. The molecule has 112 valence electrons. The van der Waals surface area contributed by atoms with Crippen LogP contribution in [-0.2, 0) is 6.18 Å². The maximum atomic E-state index is 13.3. The van der Waals surface area contributed by atoms with Crippen LogP contribution in [0.25, 0.3) is 0 Å². The van der Waals surface area contributed by atoms with Crippen molar-refractivity contribution in [2.24, 2.45) is 5.73 Å². The number of hydrogen-bond acceptors (Lipinski definition) is 1. The fraction of sp³-hybridized carbons (Fsp3) is 0.200. The van der Waals surface area contributed by atoms with Gasteiger partial charge in [0, 0.05) is 0 Å². The van der Waals surface area contributed by atoms with Gasteiger partial charge in [-0.05, 0) is 53.9 Å². The number of nitrogens with two attached hydrogens (primary N) is 1. The van der Waals surface area contributed by atoms with Crippen molar-refractivity contribution in [3.63, 3.8) is 0 Å². The molecule has 0 saturated heterocycles. The number of alkyl halides is 3. The molecular formula is C15H12F5N. The molecule has 0 radical (unpaired) electrons. The summed E-state index contributed by atoms with van der Waals surface area (Å²) in [5.74, 6) is -1.33. The van der Waals surface area contributed by atoms with Crippen LogP contribution >= 0.6 is 0 Å². The molecule has 0 aromatic heterocycles. The fourth-order valence-electron chi connectivity index (χ4n) is 2.20. The highest BCUT2D eigenvalue weighted by atomic mass is 19.4. The first-order valence-electron chi connectivity index (χ1n) is 6.08. The summed E-state index contributed by atoms with van der Waals surface area (Å²) in [6.07, 6.45) is -4.64. The van der Waals surface area contributed by atoms with Gasteiger partial charge in [-0.15, -0.1) is 0 Å². The molecule has 0 heterocycles. The van der Waals surface area contributed by atoms with Crippen LogP contribution in [0.15, 0.2) is 36.4 Å². The second kappa shape index (κ2) is 5.44. The Morgan fingerprint density at radius 1 is 0.905 bits per heavy atom. The third-order valence-corrected chi connectivity index (χ3v) is 3.22. The van der Waals surface area contributed by atoms with Gasteiger partial charge in [0.2, 0.25) is 0 Å². The molecule has 2 N–H and O–H groups in total. The Balaban J connectivity index is 2.57. The Morgan fingerprint density at radius 2 is 1.48 bits per heavy atom. The Morgan fingerprint density at radius 3 is 2.05 bits per heavy atom. The molecule has 2 aromatic carbocycles. The highest BCUT2D eigenvalue weighted by Gasteiger charge is 2.35. The maximum Gasteiger partial charge on any atom is 0.416 e. The van der Waals surface area contributed by atoms with E-state index in [4.69, 9.17) is 5.73 Å². The molecule has 0 bridgehead atoms. The van der Waals surface area contributed by atoms with Gasteiger partial charge in [0.25, 0.3) is 0 Å². The van der Waals surface area contributed by atoms with E-state index in [0.717, 1.165) is 18.2 Å². The van der Waals surface area contributed by atoms with Crippen molar-refractivity contribution in [1.82, 2.24) is 0 Å². The standard InChI is InChI=1S/C15H12F5N/c1-8-6-9(16)2-4-11(8)14(21)12-7-10(17)3-5-13(12)15(18,19)20/h2-7,14H,21H2,1H3. The monoisotopic (exact) mass is 301 g/mol. The average Bonchev–Trinajstić information content (AvgIpc) is 2.36. The van der Waals surface area contributed by atoms with Crippen molar-refractivity contribution < 1.29 is 22.0 Å². The predicted molar refractivity (Wildman–Crippen MR) is 68.6 cm³/mol. The van der Waals surface area contributed by atoms with Crippen LogP contribution in [0.5, 0.6) is 0 Å². The van der Waals surface area contributed by atoms with Crippen molar-refractivity contribution >= 4 is 0 Å². The smallest absolute Gasteiger partial charge is 0.320 e. The van der Waals surface area contributed by atoms with Gasteiger partial charge in [0.15, 0.2) is 0 Å². The van der Waals surface area contributed by atoms with Gasteiger partial charge >= 0.3 is 6.18 Å². The Kier molecular flexibility index (Phi) is 4.00. The summed E-state index contributed by atoms with van der Waals surface area (Å²) in [4.78, 5) is 0. The minimum atomic E-state index is -4.64. The topological polar surface area (TPSA) is 26.0 Å². The van der Waals surface area contributed by atoms with E-state index in [1.54, 1.807) is 0 Å². The summed E-state index contributed by atoms with van der Waals surface area (Å²) < 4.78 is 65.3. The van der Waals surface area contributed by atoms with Gasteiger partial charge in [-0.2, -0.15) is 13.2 Å². The third-order valence-electron chi connectivity index (χ3n) is 3.22. The average molecular weight is 301 g/mol. The molecule has 0 aliphatic heterocycles. The van der Waals surface area contributed by atoms with E-state index in [-0.39, 0.29) is 5.56 Å². The first kappa shape index (κ1) is 15.4. The number of hydrogen-bond donors (Lipinski definition) is 1. The molecule has 0 amide bonds. The summed E-state index contributed by atoms with van der Waals surface area (Å²) in [5.41, 5.74) is 5.18. The minimum absolute atomic E-state index is 0.312. The number of aryl methyl sites for hydroxylation is 1. The lowest BCUT2D eigenvalue weighted by atomic mass is 9.92. The fourth-order valence-corrected chi connectivity index (χ4v) is 2.20. The summed E-state index contributed by atoms with van der Waals surface area (Å²) in [7, 11) is 0. The first-order chi connectivity index (χ1) is 9.70. The van der Waals surface area contributed by atoms with Crippen molar-refractivity contribution in [3.05, 3.63) is 70.3 Å². The second-order valence-corrected chi connectivity index (χ2v) is 4.71. The van der Waals surface area contributed by atoms with Gasteiger partial charge in [-0.25, -0.2) is 8.78 Å². The zero-order chi connectivity index (χ0) is 15.8. The quantitative estimate of drug-likeness (QED) is 0.820. The molecule has 1 unspecified atom stereocenters. The van der Waals surface area contributed by atoms with Crippen molar-refractivity contribution in [2.45, 2.75) is 19.1 Å². The minimum Gasteiger partial charge on any atom is -0.320 e. The van der Waals surface area contributed by atoms with Gasteiger partial charge in [0.05, 0.1) is 11.6 Å². The number of halogens is 5. The lowest BCUT2D eigenvalue weighted by molar-refractivity contribution is -0.138. The van der Waals surface area contributed by atoms with Gasteiger partial charge in [-0.3, -0.25) is 0 Å². The van der Waals surface area contributed by atoms with E-state index in [1.807, 2.05) is 0 Å². The Labute approximate surface area is 118 Å². The molecule has 2 aromatic rings. The van der Waals surface area contributed by atoms with Crippen molar-refractivity contribution in [2.75, 3.05) is 0 Å². The Bertz CT molecular complexity index is 664. The van der Waals surface area contributed by atoms with Gasteiger partial charge in [-0.1, -0.05) is 6.07 Å². The second-order valence-electron chi connectivity index (χ2n) is 4.71. The Hall–Kier alpha value is -1.95. The molecule has 0 fully saturated rings. The molecule has 6 heteroatoms. The molecule has 0 aliphatic carbocycles. The van der Waals surface area contributed by atoms with Crippen LogP contribution in [0.2, 0.25) is 0 Å². The summed E-state index contributed by atoms with van der Waals surface area (Å²) >= 11 is 0. The van der Waals surface area contributed by atoms with Crippen LogP contribution in [0.4, 0.5) is 22.0 Å². The van der Waals surface area contributed by atoms with E-state index >= 15 is 0 Å². The van der Waals surface area contributed by atoms with Crippen LogP contribution in [-0.4, -0.2) is 0 Å². The highest BCUT2D eigenvalue weighted by Crippen LogP contribution is 2.36. The predicted octanol–water partition coefficient (Wildman–Crippen LogP) is 4.34. The van der Waals surface area contributed by atoms with Crippen LogP contribution in [0.3, 0.4) is 0 Å². The third kappa shape index (κ3) is 3.21. The van der Waals surface area contributed by atoms with Crippen molar-refractivity contribution in [1.29, 1.82) is 0 Å². The maximum absolute atomic E-state index is 13.3. The summed E-state index contributed by atoms with van der Waals surface area (Å²) in [6.45, 7) is 1.53. The normalized spacial score (nSPS) is 13.3. The van der Waals surface area contributed by atoms with Crippen LogP contribution in [0.1, 0.15) is 28.3 Å². The van der Waals surface area contributed by atoms with E-state index in [9.17, 15) is 22.0 Å². The molecule has 21 heavy (non-hydrogen) atoms. The number of benzene rings is 2. The molecular weight excluding hydrogens is 289 g/mol. The zero-order valence-electron chi connectivity index (χ0n) is 11.0. The van der Waals surface area contributed by atoms with E-state index in [1.165, 1.54) is 19.1 Å². The van der Waals surface area contributed by atoms with Crippen LogP contribution in [0, 0.1) is 18.6 Å². The summed E-state index contributed by atoms with van der Waals surface area (Å²) in [6, 6.07) is 4.53. The molecule has 0 saturated carbocycles. The molecule has 1 nitrogen and oxygen atoms in total. The first-order valence-corrected chi connectivity index (χ1v) is 6.08. The lowest BCUT2D eigenvalue weighted by Crippen LogP contribution is -2.19. The molecule has 2 rings (SSSR count). The highest BCUT2D eigenvalue weighted by molar-refractivity contribution is 5.41. The lowest BCUT2D eigenvalue weighted by Gasteiger charge is -2.20. The SMILES string of the molecule is Cc1cc(F)ccc1C(N)c1cc(F)ccc1C(F)(F)F. The van der Waals surface area contributed by atoms with Gasteiger partial charge < -0.3 is 5.73 Å². The number of rotatable bonds is 2. The van der Waals surface area contributed by atoms with Crippen LogP contribution < -0.4 is 5.73 Å². The largest absolute Gasteiger partial charge is 0.416 e. The van der Waals surface area contributed by atoms with Crippen molar-refractivity contribution in [3.8, 4) is 0 Å². The molecule has 1 atom stereocenters. The summed E-state index contributed by atoms with van der Waals surface area (Å²) in [5, 5.41) is 0. The molecule has 0 spiro atoms.